The lowest BCUT2D eigenvalue weighted by Crippen LogP contribution is -2.46. The number of rotatable bonds is 1. The van der Waals surface area contributed by atoms with Crippen molar-refractivity contribution in [2.75, 3.05) is 11.4 Å². The van der Waals surface area contributed by atoms with Crippen molar-refractivity contribution in [2.24, 2.45) is 5.73 Å². The number of amides is 1. The van der Waals surface area contributed by atoms with Crippen molar-refractivity contribution in [2.45, 2.75) is 12.5 Å². The Hall–Kier alpha value is -2.40. The second-order valence-corrected chi connectivity index (χ2v) is 4.95. The van der Waals surface area contributed by atoms with Gasteiger partial charge in [-0.15, -0.1) is 0 Å². The van der Waals surface area contributed by atoms with Gasteiger partial charge in [-0.1, -0.05) is 18.2 Å². The van der Waals surface area contributed by atoms with Crippen LogP contribution < -0.4 is 16.2 Å². The molecule has 1 aliphatic rings. The highest BCUT2D eigenvalue weighted by atomic mass is 16.2. The minimum Gasteiger partial charge on any atom is -0.329 e. The first-order chi connectivity index (χ1) is 9.65. The standard InChI is InChI=1S/C15H15N3O2/c16-12-7-10-3-1-2-4-13(10)18(9-12)15(20)11-5-6-17-14(19)8-11/h1-6,8,12H,7,9,16H2,(H,17,19). The van der Waals surface area contributed by atoms with Crippen LogP contribution in [-0.2, 0) is 6.42 Å². The Balaban J connectivity index is 2.02. The zero-order chi connectivity index (χ0) is 14.1. The molecule has 0 bridgehead atoms. The summed E-state index contributed by atoms with van der Waals surface area (Å²) >= 11 is 0. The lowest BCUT2D eigenvalue weighted by Gasteiger charge is -2.33. The molecule has 2 aromatic rings. The fourth-order valence-electron chi connectivity index (χ4n) is 2.55. The van der Waals surface area contributed by atoms with Crippen molar-refractivity contribution in [1.29, 1.82) is 0 Å². The summed E-state index contributed by atoms with van der Waals surface area (Å²) in [5, 5.41) is 0. The van der Waals surface area contributed by atoms with Gasteiger partial charge in [0.1, 0.15) is 0 Å². The first-order valence-electron chi connectivity index (χ1n) is 6.49. The number of nitrogens with zero attached hydrogens (tertiary/aromatic N) is 1. The SMILES string of the molecule is NC1Cc2ccccc2N(C(=O)c2cc[nH]c(=O)c2)C1. The minimum absolute atomic E-state index is 0.0872. The molecule has 2 heterocycles. The predicted molar refractivity (Wildman–Crippen MR) is 76.9 cm³/mol. The van der Waals surface area contributed by atoms with E-state index < -0.39 is 0 Å². The van der Waals surface area contributed by atoms with E-state index in [2.05, 4.69) is 4.98 Å². The van der Waals surface area contributed by atoms with Crippen LogP contribution in [0.3, 0.4) is 0 Å². The molecule has 1 amide bonds. The summed E-state index contributed by atoms with van der Waals surface area (Å²) in [7, 11) is 0. The third kappa shape index (κ3) is 2.23. The number of fused-ring (bicyclic) bond motifs is 1. The van der Waals surface area contributed by atoms with Crippen LogP contribution in [0.15, 0.2) is 47.4 Å². The molecular formula is C15H15N3O2. The van der Waals surface area contributed by atoms with E-state index in [0.717, 1.165) is 17.7 Å². The van der Waals surface area contributed by atoms with Crippen LogP contribution in [-0.4, -0.2) is 23.5 Å². The van der Waals surface area contributed by atoms with Gasteiger partial charge in [0, 0.05) is 36.1 Å². The number of aromatic amines is 1. The number of carbonyl (C=O) groups excluding carboxylic acids is 1. The molecule has 0 saturated carbocycles. The highest BCUT2D eigenvalue weighted by Crippen LogP contribution is 2.27. The average Bonchev–Trinajstić information content (AvgIpc) is 2.45. The highest BCUT2D eigenvalue weighted by Gasteiger charge is 2.27. The number of benzene rings is 1. The van der Waals surface area contributed by atoms with Crippen LogP contribution >= 0.6 is 0 Å². The molecule has 1 atom stereocenters. The third-order valence-electron chi connectivity index (χ3n) is 3.45. The van der Waals surface area contributed by atoms with Gasteiger partial charge >= 0.3 is 0 Å². The van der Waals surface area contributed by atoms with Crippen LogP contribution in [0.2, 0.25) is 0 Å². The number of aromatic nitrogens is 1. The molecule has 1 unspecified atom stereocenters. The van der Waals surface area contributed by atoms with E-state index in [1.54, 1.807) is 11.0 Å². The Morgan fingerprint density at radius 1 is 1.30 bits per heavy atom. The molecule has 0 fully saturated rings. The quantitative estimate of drug-likeness (QED) is 0.807. The zero-order valence-corrected chi connectivity index (χ0v) is 10.9. The van der Waals surface area contributed by atoms with Gasteiger partial charge in [0.2, 0.25) is 5.56 Å². The Bertz CT molecular complexity index is 708. The van der Waals surface area contributed by atoms with Crippen molar-refractivity contribution >= 4 is 11.6 Å². The topological polar surface area (TPSA) is 79.2 Å². The smallest absolute Gasteiger partial charge is 0.258 e. The summed E-state index contributed by atoms with van der Waals surface area (Å²) in [6, 6.07) is 10.5. The highest BCUT2D eigenvalue weighted by molar-refractivity contribution is 6.06. The monoisotopic (exact) mass is 269 g/mol. The number of pyridine rings is 1. The summed E-state index contributed by atoms with van der Waals surface area (Å²) in [6.45, 7) is 0.461. The van der Waals surface area contributed by atoms with E-state index in [4.69, 9.17) is 5.73 Å². The van der Waals surface area contributed by atoms with Gasteiger partial charge in [-0.3, -0.25) is 9.59 Å². The molecule has 1 aromatic heterocycles. The Labute approximate surface area is 116 Å². The summed E-state index contributed by atoms with van der Waals surface area (Å²) in [6.07, 6.45) is 2.24. The summed E-state index contributed by atoms with van der Waals surface area (Å²) < 4.78 is 0. The van der Waals surface area contributed by atoms with Crippen molar-refractivity contribution in [3.05, 3.63) is 64.1 Å². The van der Waals surface area contributed by atoms with Crippen molar-refractivity contribution < 1.29 is 4.79 Å². The van der Waals surface area contributed by atoms with Gasteiger partial charge in [0.15, 0.2) is 0 Å². The Morgan fingerprint density at radius 3 is 2.90 bits per heavy atom. The van der Waals surface area contributed by atoms with Crippen LogP contribution in [0.25, 0.3) is 0 Å². The third-order valence-corrected chi connectivity index (χ3v) is 3.45. The maximum atomic E-state index is 12.6. The average molecular weight is 269 g/mol. The van der Waals surface area contributed by atoms with Crippen molar-refractivity contribution in [1.82, 2.24) is 4.98 Å². The number of anilines is 1. The second kappa shape index (κ2) is 4.94. The minimum atomic E-state index is -0.287. The molecule has 0 aliphatic carbocycles. The van der Waals surface area contributed by atoms with Crippen LogP contribution in [0.4, 0.5) is 5.69 Å². The largest absolute Gasteiger partial charge is 0.329 e. The Morgan fingerprint density at radius 2 is 2.10 bits per heavy atom. The molecule has 1 aliphatic heterocycles. The van der Waals surface area contributed by atoms with E-state index >= 15 is 0 Å². The molecule has 1 aromatic carbocycles. The molecule has 0 radical (unpaired) electrons. The van der Waals surface area contributed by atoms with E-state index in [9.17, 15) is 9.59 Å². The normalized spacial score (nSPS) is 17.6. The van der Waals surface area contributed by atoms with Crippen molar-refractivity contribution in [3.8, 4) is 0 Å². The number of nitrogens with two attached hydrogens (primary N) is 1. The molecule has 102 valence electrons. The molecule has 5 nitrogen and oxygen atoms in total. The predicted octanol–water partition coefficient (Wildman–Crippen LogP) is 0.905. The zero-order valence-electron chi connectivity index (χ0n) is 10.9. The number of hydrogen-bond donors (Lipinski definition) is 2. The van der Waals surface area contributed by atoms with Gasteiger partial charge in [-0.2, -0.15) is 0 Å². The van der Waals surface area contributed by atoms with Crippen LogP contribution in [0.1, 0.15) is 15.9 Å². The van der Waals surface area contributed by atoms with Gasteiger partial charge in [0.25, 0.3) is 5.91 Å². The van der Waals surface area contributed by atoms with Gasteiger partial charge in [0.05, 0.1) is 0 Å². The molecule has 5 heteroatoms. The molecular weight excluding hydrogens is 254 g/mol. The molecule has 3 rings (SSSR count). The molecule has 20 heavy (non-hydrogen) atoms. The van der Waals surface area contributed by atoms with Crippen LogP contribution in [0, 0.1) is 0 Å². The number of nitrogens with one attached hydrogen (secondary N) is 1. The number of hydrogen-bond acceptors (Lipinski definition) is 3. The summed E-state index contributed by atoms with van der Waals surface area (Å²) in [5.41, 5.74) is 8.04. The number of carbonyl (C=O) groups is 1. The Kier molecular flexibility index (Phi) is 3.12. The number of para-hydroxylation sites is 1. The van der Waals surface area contributed by atoms with Crippen molar-refractivity contribution in [3.63, 3.8) is 0 Å². The van der Waals surface area contributed by atoms with Gasteiger partial charge < -0.3 is 15.6 Å². The van der Waals surface area contributed by atoms with E-state index in [1.807, 2.05) is 24.3 Å². The summed E-state index contributed by atoms with van der Waals surface area (Å²) in [4.78, 5) is 28.1. The lowest BCUT2D eigenvalue weighted by atomic mass is 9.98. The fraction of sp³-hybridized carbons (Fsp3) is 0.200. The molecule has 0 saturated heterocycles. The number of H-pyrrole nitrogens is 1. The maximum absolute atomic E-state index is 12.6. The first kappa shape index (κ1) is 12.6. The maximum Gasteiger partial charge on any atom is 0.258 e. The van der Waals surface area contributed by atoms with Gasteiger partial charge in [-0.25, -0.2) is 0 Å². The van der Waals surface area contributed by atoms with Crippen LogP contribution in [0.5, 0.6) is 0 Å². The summed E-state index contributed by atoms with van der Waals surface area (Å²) in [5.74, 6) is -0.196. The lowest BCUT2D eigenvalue weighted by molar-refractivity contribution is 0.0983. The molecule has 0 spiro atoms. The molecule has 3 N–H and O–H groups in total. The van der Waals surface area contributed by atoms with E-state index in [-0.39, 0.29) is 17.5 Å². The second-order valence-electron chi connectivity index (χ2n) is 4.95. The van der Waals surface area contributed by atoms with E-state index in [0.29, 0.717) is 12.1 Å². The van der Waals surface area contributed by atoms with E-state index in [1.165, 1.54) is 12.3 Å². The first-order valence-corrected chi connectivity index (χ1v) is 6.49. The fourth-order valence-corrected chi connectivity index (χ4v) is 2.55. The van der Waals surface area contributed by atoms with Gasteiger partial charge in [-0.05, 0) is 24.1 Å².